The van der Waals surface area contributed by atoms with Gasteiger partial charge in [0.2, 0.25) is 0 Å². The van der Waals surface area contributed by atoms with E-state index in [-0.39, 0.29) is 0 Å². The Kier molecular flexibility index (Phi) is 2.32. The SMILES string of the molecule is Cc1cnccc1[C@@H]1CCCN1C. The smallest absolute Gasteiger partial charge is 0.0349 e. The molecule has 2 rings (SSSR count). The fourth-order valence-corrected chi connectivity index (χ4v) is 2.16. The van der Waals surface area contributed by atoms with Crippen molar-refractivity contribution < 1.29 is 0 Å². The Balaban J connectivity index is 2.29. The highest BCUT2D eigenvalue weighted by atomic mass is 15.1. The molecule has 1 atom stereocenters. The summed E-state index contributed by atoms with van der Waals surface area (Å²) < 4.78 is 0. The first-order valence-corrected chi connectivity index (χ1v) is 4.90. The van der Waals surface area contributed by atoms with E-state index in [0.717, 1.165) is 0 Å². The highest BCUT2D eigenvalue weighted by molar-refractivity contribution is 5.25. The van der Waals surface area contributed by atoms with E-state index in [1.807, 2.05) is 12.4 Å². The van der Waals surface area contributed by atoms with E-state index in [0.29, 0.717) is 6.04 Å². The van der Waals surface area contributed by atoms with Crippen LogP contribution in [-0.2, 0) is 0 Å². The number of rotatable bonds is 1. The number of aryl methyl sites for hydroxylation is 1. The topological polar surface area (TPSA) is 16.1 Å². The maximum absolute atomic E-state index is 4.12. The number of nitrogens with zero attached hydrogens (tertiary/aromatic N) is 2. The zero-order valence-electron chi connectivity index (χ0n) is 8.33. The number of aromatic nitrogens is 1. The van der Waals surface area contributed by atoms with Crippen LogP contribution in [-0.4, -0.2) is 23.5 Å². The lowest BCUT2D eigenvalue weighted by Gasteiger charge is -2.21. The van der Waals surface area contributed by atoms with Gasteiger partial charge in [0.05, 0.1) is 0 Å². The van der Waals surface area contributed by atoms with Gasteiger partial charge in [0.15, 0.2) is 0 Å². The molecule has 0 radical (unpaired) electrons. The minimum atomic E-state index is 0.628. The second-order valence-electron chi connectivity index (χ2n) is 3.87. The summed E-state index contributed by atoms with van der Waals surface area (Å²) in [5.41, 5.74) is 2.77. The third kappa shape index (κ3) is 1.59. The molecular weight excluding hydrogens is 160 g/mol. The molecule has 2 nitrogen and oxygen atoms in total. The van der Waals surface area contributed by atoms with E-state index < -0.39 is 0 Å². The maximum atomic E-state index is 4.12. The summed E-state index contributed by atoms with van der Waals surface area (Å²) >= 11 is 0. The molecule has 0 N–H and O–H groups in total. The van der Waals surface area contributed by atoms with Crippen molar-refractivity contribution in [3.63, 3.8) is 0 Å². The molecule has 0 amide bonds. The lowest BCUT2D eigenvalue weighted by molar-refractivity contribution is 0.316. The predicted molar refractivity (Wildman–Crippen MR) is 53.6 cm³/mol. The minimum Gasteiger partial charge on any atom is -0.299 e. The largest absolute Gasteiger partial charge is 0.299 e. The third-order valence-corrected chi connectivity index (χ3v) is 2.94. The average Bonchev–Trinajstić information content (AvgIpc) is 2.52. The molecular formula is C11H16N2. The van der Waals surface area contributed by atoms with Crippen molar-refractivity contribution >= 4 is 0 Å². The first kappa shape index (κ1) is 8.70. The number of likely N-dealkylation sites (tertiary alicyclic amines) is 1. The molecule has 2 heterocycles. The van der Waals surface area contributed by atoms with Crippen LogP contribution in [0.5, 0.6) is 0 Å². The molecule has 0 unspecified atom stereocenters. The second kappa shape index (κ2) is 3.46. The quantitative estimate of drug-likeness (QED) is 0.652. The van der Waals surface area contributed by atoms with Crippen LogP contribution in [0.2, 0.25) is 0 Å². The Morgan fingerprint density at radius 2 is 2.38 bits per heavy atom. The van der Waals surface area contributed by atoms with Crippen molar-refractivity contribution in [1.29, 1.82) is 0 Å². The Morgan fingerprint density at radius 1 is 1.54 bits per heavy atom. The summed E-state index contributed by atoms with van der Waals surface area (Å²) in [4.78, 5) is 6.56. The molecule has 70 valence electrons. The Hall–Kier alpha value is -0.890. The minimum absolute atomic E-state index is 0.628. The number of hydrogen-bond acceptors (Lipinski definition) is 2. The lowest BCUT2D eigenvalue weighted by atomic mass is 10.0. The van der Waals surface area contributed by atoms with Gasteiger partial charge >= 0.3 is 0 Å². The van der Waals surface area contributed by atoms with Crippen LogP contribution in [0.1, 0.15) is 30.0 Å². The van der Waals surface area contributed by atoms with E-state index in [2.05, 4.69) is 29.9 Å². The van der Waals surface area contributed by atoms with Gasteiger partial charge in [-0.05, 0) is 50.6 Å². The molecule has 1 aliphatic rings. The Bertz CT molecular complexity index is 296. The maximum Gasteiger partial charge on any atom is 0.0349 e. The van der Waals surface area contributed by atoms with E-state index in [1.54, 1.807) is 0 Å². The molecule has 0 aromatic carbocycles. The number of pyridine rings is 1. The van der Waals surface area contributed by atoms with Gasteiger partial charge < -0.3 is 0 Å². The second-order valence-corrected chi connectivity index (χ2v) is 3.87. The van der Waals surface area contributed by atoms with Crippen molar-refractivity contribution in [3.8, 4) is 0 Å². The highest BCUT2D eigenvalue weighted by Crippen LogP contribution is 2.31. The van der Waals surface area contributed by atoms with Crippen LogP contribution >= 0.6 is 0 Å². The monoisotopic (exact) mass is 176 g/mol. The van der Waals surface area contributed by atoms with Gasteiger partial charge in [0.25, 0.3) is 0 Å². The van der Waals surface area contributed by atoms with Gasteiger partial charge in [0, 0.05) is 18.4 Å². The summed E-state index contributed by atoms with van der Waals surface area (Å²) in [5.74, 6) is 0. The van der Waals surface area contributed by atoms with Crippen molar-refractivity contribution in [2.45, 2.75) is 25.8 Å². The predicted octanol–water partition coefficient (Wildman–Crippen LogP) is 2.16. The summed E-state index contributed by atoms with van der Waals surface area (Å²) in [7, 11) is 2.21. The fourth-order valence-electron chi connectivity index (χ4n) is 2.16. The van der Waals surface area contributed by atoms with E-state index in [1.165, 1.54) is 30.5 Å². The van der Waals surface area contributed by atoms with Gasteiger partial charge in [-0.1, -0.05) is 0 Å². The van der Waals surface area contributed by atoms with Crippen molar-refractivity contribution in [1.82, 2.24) is 9.88 Å². The molecule has 1 fully saturated rings. The highest BCUT2D eigenvalue weighted by Gasteiger charge is 2.23. The fraction of sp³-hybridized carbons (Fsp3) is 0.545. The van der Waals surface area contributed by atoms with Crippen molar-refractivity contribution in [2.75, 3.05) is 13.6 Å². The van der Waals surface area contributed by atoms with E-state index >= 15 is 0 Å². The first-order chi connectivity index (χ1) is 6.29. The van der Waals surface area contributed by atoms with Crippen LogP contribution in [0, 0.1) is 6.92 Å². The molecule has 1 saturated heterocycles. The molecule has 0 saturated carbocycles. The zero-order valence-corrected chi connectivity index (χ0v) is 8.33. The van der Waals surface area contributed by atoms with Crippen LogP contribution < -0.4 is 0 Å². The van der Waals surface area contributed by atoms with E-state index in [9.17, 15) is 0 Å². The van der Waals surface area contributed by atoms with Gasteiger partial charge in [-0.2, -0.15) is 0 Å². The third-order valence-electron chi connectivity index (χ3n) is 2.94. The van der Waals surface area contributed by atoms with Gasteiger partial charge in [-0.15, -0.1) is 0 Å². The Labute approximate surface area is 79.6 Å². The van der Waals surface area contributed by atoms with Gasteiger partial charge in [-0.25, -0.2) is 0 Å². The molecule has 1 aromatic heterocycles. The molecule has 2 heteroatoms. The molecule has 0 bridgehead atoms. The first-order valence-electron chi connectivity index (χ1n) is 4.90. The normalized spacial score (nSPS) is 23.7. The summed E-state index contributed by atoms with van der Waals surface area (Å²) in [6.07, 6.45) is 6.47. The van der Waals surface area contributed by atoms with Crippen LogP contribution in [0.4, 0.5) is 0 Å². The summed E-state index contributed by atoms with van der Waals surface area (Å²) in [6, 6.07) is 2.78. The standard InChI is InChI=1S/C11H16N2/c1-9-8-12-6-5-10(9)11-4-3-7-13(11)2/h5-6,8,11H,3-4,7H2,1-2H3/t11-/m0/s1. The lowest BCUT2D eigenvalue weighted by Crippen LogP contribution is -2.18. The zero-order chi connectivity index (χ0) is 9.26. The molecule has 13 heavy (non-hydrogen) atoms. The summed E-state index contributed by atoms with van der Waals surface area (Å²) in [5, 5.41) is 0. The van der Waals surface area contributed by atoms with Crippen LogP contribution in [0.3, 0.4) is 0 Å². The van der Waals surface area contributed by atoms with Crippen molar-refractivity contribution in [2.24, 2.45) is 0 Å². The van der Waals surface area contributed by atoms with Gasteiger partial charge in [0.1, 0.15) is 0 Å². The molecule has 0 spiro atoms. The van der Waals surface area contributed by atoms with Crippen LogP contribution in [0.15, 0.2) is 18.5 Å². The van der Waals surface area contributed by atoms with Crippen LogP contribution in [0.25, 0.3) is 0 Å². The van der Waals surface area contributed by atoms with Crippen molar-refractivity contribution in [3.05, 3.63) is 29.6 Å². The molecule has 1 aliphatic heterocycles. The van der Waals surface area contributed by atoms with Gasteiger partial charge in [-0.3, -0.25) is 9.88 Å². The molecule has 0 aliphatic carbocycles. The Morgan fingerprint density at radius 3 is 3.00 bits per heavy atom. The number of hydrogen-bond donors (Lipinski definition) is 0. The molecule has 1 aromatic rings. The van der Waals surface area contributed by atoms with E-state index in [4.69, 9.17) is 0 Å². The average molecular weight is 176 g/mol. The summed E-state index contributed by atoms with van der Waals surface area (Å²) in [6.45, 7) is 3.38.